The first-order chi connectivity index (χ1) is 9.43. The molecule has 0 heterocycles. The maximum Gasteiger partial charge on any atom is 0.134 e. The minimum absolute atomic E-state index is 0.116. The number of halogens is 4. The molecule has 0 radical (unpaired) electrons. The molecule has 2 N–H and O–H groups in total. The predicted octanol–water partition coefficient (Wildman–Crippen LogP) is 3.30. The van der Waals surface area contributed by atoms with Crippen molar-refractivity contribution in [3.05, 3.63) is 64.7 Å². The van der Waals surface area contributed by atoms with Crippen LogP contribution in [0.4, 0.5) is 17.6 Å². The van der Waals surface area contributed by atoms with Crippen LogP contribution in [-0.4, -0.2) is 7.11 Å². The number of benzene rings is 2. The summed E-state index contributed by atoms with van der Waals surface area (Å²) in [6, 6.07) is 3.34. The summed E-state index contributed by atoms with van der Waals surface area (Å²) in [5.74, 6) is -3.90. The largest absolute Gasteiger partial charge is 0.497 e. The van der Waals surface area contributed by atoms with E-state index < -0.39 is 34.9 Å². The van der Waals surface area contributed by atoms with Crippen molar-refractivity contribution >= 4 is 0 Å². The van der Waals surface area contributed by atoms with Gasteiger partial charge in [0, 0.05) is 29.3 Å². The van der Waals surface area contributed by atoms with Gasteiger partial charge in [-0.25, -0.2) is 17.6 Å². The van der Waals surface area contributed by atoms with Crippen LogP contribution in [0.2, 0.25) is 0 Å². The third kappa shape index (κ3) is 2.60. The topological polar surface area (TPSA) is 35.2 Å². The van der Waals surface area contributed by atoms with E-state index in [9.17, 15) is 17.6 Å². The standard InChI is InChI=1S/C14H11F4NO/c1-20-8-2-3-9(10(16)6-8)14(19)13-11(17)4-7(15)5-12(13)18/h2-6,14H,19H2,1H3. The predicted molar refractivity (Wildman–Crippen MR) is 65.3 cm³/mol. The highest BCUT2D eigenvalue weighted by atomic mass is 19.1. The minimum Gasteiger partial charge on any atom is -0.497 e. The zero-order valence-corrected chi connectivity index (χ0v) is 10.5. The lowest BCUT2D eigenvalue weighted by Gasteiger charge is -2.16. The van der Waals surface area contributed by atoms with Crippen LogP contribution in [-0.2, 0) is 0 Å². The second kappa shape index (κ2) is 5.50. The molecule has 0 aliphatic carbocycles. The summed E-state index contributed by atoms with van der Waals surface area (Å²) in [4.78, 5) is 0. The first-order valence-electron chi connectivity index (χ1n) is 5.67. The quantitative estimate of drug-likeness (QED) is 0.878. The van der Waals surface area contributed by atoms with Gasteiger partial charge >= 0.3 is 0 Å². The lowest BCUT2D eigenvalue weighted by Crippen LogP contribution is -2.17. The molecule has 6 heteroatoms. The Morgan fingerprint density at radius 3 is 2.05 bits per heavy atom. The van der Waals surface area contributed by atoms with Gasteiger partial charge in [-0.05, 0) is 6.07 Å². The van der Waals surface area contributed by atoms with Crippen molar-refractivity contribution in [2.45, 2.75) is 6.04 Å². The maximum absolute atomic E-state index is 13.8. The van der Waals surface area contributed by atoms with E-state index in [2.05, 4.69) is 0 Å². The van der Waals surface area contributed by atoms with E-state index in [-0.39, 0.29) is 11.3 Å². The molecule has 2 aromatic carbocycles. The lowest BCUT2D eigenvalue weighted by atomic mass is 9.98. The Balaban J connectivity index is 2.49. The Morgan fingerprint density at radius 1 is 0.950 bits per heavy atom. The lowest BCUT2D eigenvalue weighted by molar-refractivity contribution is 0.410. The van der Waals surface area contributed by atoms with Gasteiger partial charge in [0.15, 0.2) is 0 Å². The molecule has 1 unspecified atom stereocenters. The highest BCUT2D eigenvalue weighted by Gasteiger charge is 2.22. The summed E-state index contributed by atoms with van der Waals surface area (Å²) in [6.07, 6.45) is 0. The number of methoxy groups -OCH3 is 1. The molecule has 0 aromatic heterocycles. The van der Waals surface area contributed by atoms with Gasteiger partial charge in [-0.1, -0.05) is 6.07 Å². The third-order valence-electron chi connectivity index (χ3n) is 2.90. The van der Waals surface area contributed by atoms with Crippen molar-refractivity contribution in [2.24, 2.45) is 5.73 Å². The monoisotopic (exact) mass is 285 g/mol. The van der Waals surface area contributed by atoms with Crippen LogP contribution >= 0.6 is 0 Å². The van der Waals surface area contributed by atoms with Crippen molar-refractivity contribution in [2.75, 3.05) is 7.11 Å². The zero-order chi connectivity index (χ0) is 14.9. The molecule has 0 bridgehead atoms. The molecule has 0 fully saturated rings. The number of hydrogen-bond acceptors (Lipinski definition) is 2. The van der Waals surface area contributed by atoms with E-state index in [1.54, 1.807) is 0 Å². The summed E-state index contributed by atoms with van der Waals surface area (Å²) in [6.45, 7) is 0. The van der Waals surface area contributed by atoms with Gasteiger partial charge in [0.05, 0.1) is 13.2 Å². The molecule has 2 nitrogen and oxygen atoms in total. The van der Waals surface area contributed by atoms with E-state index in [1.807, 2.05) is 0 Å². The third-order valence-corrected chi connectivity index (χ3v) is 2.90. The minimum atomic E-state index is -1.39. The van der Waals surface area contributed by atoms with E-state index in [0.717, 1.165) is 6.07 Å². The molecule has 106 valence electrons. The molecule has 2 rings (SSSR count). The van der Waals surface area contributed by atoms with E-state index in [0.29, 0.717) is 12.1 Å². The van der Waals surface area contributed by atoms with Gasteiger partial charge < -0.3 is 10.5 Å². The van der Waals surface area contributed by atoms with E-state index in [1.165, 1.54) is 19.2 Å². The summed E-state index contributed by atoms with van der Waals surface area (Å²) >= 11 is 0. The second-order valence-electron chi connectivity index (χ2n) is 4.15. The fourth-order valence-corrected chi connectivity index (χ4v) is 1.89. The summed E-state index contributed by atoms with van der Waals surface area (Å²) < 4.78 is 58.7. The van der Waals surface area contributed by atoms with Gasteiger partial charge in [-0.2, -0.15) is 0 Å². The van der Waals surface area contributed by atoms with Crippen LogP contribution in [0.5, 0.6) is 5.75 Å². The second-order valence-corrected chi connectivity index (χ2v) is 4.15. The average molecular weight is 285 g/mol. The van der Waals surface area contributed by atoms with Crippen LogP contribution in [0.3, 0.4) is 0 Å². The van der Waals surface area contributed by atoms with Crippen LogP contribution < -0.4 is 10.5 Å². The van der Waals surface area contributed by atoms with Crippen LogP contribution in [0.1, 0.15) is 17.2 Å². The first kappa shape index (κ1) is 14.3. The molecular weight excluding hydrogens is 274 g/mol. The summed E-state index contributed by atoms with van der Waals surface area (Å²) in [5.41, 5.74) is 4.97. The van der Waals surface area contributed by atoms with Gasteiger partial charge in [-0.3, -0.25) is 0 Å². The highest BCUT2D eigenvalue weighted by Crippen LogP contribution is 2.29. The normalized spacial score (nSPS) is 12.3. The van der Waals surface area contributed by atoms with Crippen LogP contribution in [0, 0.1) is 23.3 Å². The average Bonchev–Trinajstić information content (AvgIpc) is 2.37. The van der Waals surface area contributed by atoms with Crippen molar-refractivity contribution in [3.8, 4) is 5.75 Å². The molecule has 20 heavy (non-hydrogen) atoms. The van der Waals surface area contributed by atoms with Gasteiger partial charge in [-0.15, -0.1) is 0 Å². The first-order valence-corrected chi connectivity index (χ1v) is 5.67. The smallest absolute Gasteiger partial charge is 0.134 e. The Bertz CT molecular complexity index is 622. The van der Waals surface area contributed by atoms with Crippen LogP contribution in [0.25, 0.3) is 0 Å². The van der Waals surface area contributed by atoms with Crippen molar-refractivity contribution in [1.82, 2.24) is 0 Å². The van der Waals surface area contributed by atoms with Crippen molar-refractivity contribution in [1.29, 1.82) is 0 Å². The number of nitrogens with two attached hydrogens (primary N) is 1. The molecule has 0 aliphatic heterocycles. The van der Waals surface area contributed by atoms with Gasteiger partial charge in [0.25, 0.3) is 0 Å². The molecule has 0 spiro atoms. The highest BCUT2D eigenvalue weighted by molar-refractivity contribution is 5.37. The van der Waals surface area contributed by atoms with Gasteiger partial charge in [0.2, 0.25) is 0 Å². The fourth-order valence-electron chi connectivity index (χ4n) is 1.89. The van der Waals surface area contributed by atoms with E-state index in [4.69, 9.17) is 10.5 Å². The molecule has 1 atom stereocenters. The Morgan fingerprint density at radius 2 is 1.55 bits per heavy atom. The Hall–Kier alpha value is -2.08. The molecule has 0 amide bonds. The Labute approximate surface area is 112 Å². The number of ether oxygens (including phenoxy) is 1. The summed E-state index contributed by atoms with van der Waals surface area (Å²) in [7, 11) is 1.35. The molecular formula is C14H11F4NO. The fraction of sp³-hybridized carbons (Fsp3) is 0.143. The Kier molecular flexibility index (Phi) is 3.94. The van der Waals surface area contributed by atoms with Gasteiger partial charge in [0.1, 0.15) is 29.0 Å². The van der Waals surface area contributed by atoms with Crippen molar-refractivity contribution < 1.29 is 22.3 Å². The molecule has 0 saturated carbocycles. The number of hydrogen-bond donors (Lipinski definition) is 1. The van der Waals surface area contributed by atoms with Crippen molar-refractivity contribution in [3.63, 3.8) is 0 Å². The number of rotatable bonds is 3. The molecule has 2 aromatic rings. The van der Waals surface area contributed by atoms with Crippen LogP contribution in [0.15, 0.2) is 30.3 Å². The molecule has 0 aliphatic rings. The maximum atomic E-state index is 13.8. The zero-order valence-electron chi connectivity index (χ0n) is 10.5. The van der Waals surface area contributed by atoms with E-state index >= 15 is 0 Å². The summed E-state index contributed by atoms with van der Waals surface area (Å²) in [5, 5.41) is 0. The SMILES string of the molecule is COc1ccc(C(N)c2c(F)cc(F)cc2F)c(F)c1. The molecule has 0 saturated heterocycles.